The number of hydrogen-bond acceptors (Lipinski definition) is 9. The lowest BCUT2D eigenvalue weighted by Crippen LogP contribution is -2.56. The summed E-state index contributed by atoms with van der Waals surface area (Å²) >= 11 is 3.56. The van der Waals surface area contributed by atoms with Gasteiger partial charge >= 0.3 is 5.97 Å². The van der Waals surface area contributed by atoms with E-state index in [4.69, 9.17) is 9.47 Å². The largest absolute Gasteiger partial charge is 0.463 e. The molecule has 0 saturated carbocycles. The van der Waals surface area contributed by atoms with Gasteiger partial charge in [-0.2, -0.15) is 0 Å². The molecule has 4 aliphatic rings. The number of carbonyl (C=O) groups is 4. The Kier molecular flexibility index (Phi) is 8.41. The molecule has 0 aliphatic carbocycles. The molecular formula is C33H33BrN6O7. The van der Waals surface area contributed by atoms with E-state index >= 15 is 0 Å². The number of allylic oxidation sites excluding steroid dienone is 1. The van der Waals surface area contributed by atoms with E-state index in [2.05, 4.69) is 31.6 Å². The van der Waals surface area contributed by atoms with Gasteiger partial charge in [0.25, 0.3) is 5.91 Å². The number of likely N-dealkylation sites (tertiary alicyclic amines) is 1. The first-order valence-electron chi connectivity index (χ1n) is 15.5. The molecule has 7 rings (SSSR count). The predicted octanol–water partition coefficient (Wildman–Crippen LogP) is 1.83. The number of halogens is 1. The molecule has 47 heavy (non-hydrogen) atoms. The Morgan fingerprint density at radius 3 is 2.62 bits per heavy atom. The molecule has 4 aliphatic heterocycles. The fourth-order valence-electron chi connectivity index (χ4n) is 7.16. The van der Waals surface area contributed by atoms with E-state index in [1.54, 1.807) is 22.9 Å². The van der Waals surface area contributed by atoms with E-state index in [0.29, 0.717) is 21.9 Å². The number of nitrogens with one attached hydrogen (secondary N) is 1. The van der Waals surface area contributed by atoms with Crippen LogP contribution in [0, 0.1) is 11.8 Å². The minimum Gasteiger partial charge on any atom is -0.463 e. The third-order valence-electron chi connectivity index (χ3n) is 9.28. The van der Waals surface area contributed by atoms with Crippen molar-refractivity contribution in [3.63, 3.8) is 0 Å². The minimum atomic E-state index is -1.47. The van der Waals surface area contributed by atoms with Crippen LogP contribution in [0.3, 0.4) is 0 Å². The Balaban J connectivity index is 1.30. The molecule has 5 heterocycles. The van der Waals surface area contributed by atoms with Gasteiger partial charge in [-0.3, -0.25) is 19.2 Å². The third kappa shape index (κ3) is 5.43. The Morgan fingerprint density at radius 2 is 1.81 bits per heavy atom. The zero-order chi connectivity index (χ0) is 32.7. The van der Waals surface area contributed by atoms with E-state index < -0.39 is 65.9 Å². The molecule has 2 saturated heterocycles. The number of carbonyl (C=O) groups excluding carboxylic acids is 4. The molecule has 5 bridgehead atoms. The molecule has 13 nitrogen and oxygen atoms in total. The van der Waals surface area contributed by atoms with Crippen molar-refractivity contribution in [1.82, 2.24) is 30.1 Å². The van der Waals surface area contributed by atoms with E-state index in [0.717, 1.165) is 5.56 Å². The maximum absolute atomic E-state index is 14.7. The lowest BCUT2D eigenvalue weighted by molar-refractivity contribution is -0.149. The first kappa shape index (κ1) is 31.2. The van der Waals surface area contributed by atoms with Crippen molar-refractivity contribution >= 4 is 50.7 Å². The topological polar surface area (TPSA) is 156 Å². The van der Waals surface area contributed by atoms with E-state index in [-0.39, 0.29) is 32.8 Å². The maximum Gasteiger partial charge on any atom is 0.306 e. The van der Waals surface area contributed by atoms with Crippen LogP contribution in [0.15, 0.2) is 77.3 Å². The van der Waals surface area contributed by atoms with Gasteiger partial charge in [-0.1, -0.05) is 75.8 Å². The van der Waals surface area contributed by atoms with Gasteiger partial charge in [-0.15, -0.1) is 5.10 Å². The second-order valence-corrected chi connectivity index (χ2v) is 12.9. The number of rotatable bonds is 5. The number of fused-ring (bicyclic) bond motifs is 3. The van der Waals surface area contributed by atoms with Crippen molar-refractivity contribution in [3.8, 4) is 0 Å². The summed E-state index contributed by atoms with van der Waals surface area (Å²) in [5.74, 6) is -3.83. The average molecular weight is 706 g/mol. The summed E-state index contributed by atoms with van der Waals surface area (Å²) in [6.07, 6.45) is 4.96. The summed E-state index contributed by atoms with van der Waals surface area (Å²) < 4.78 is 14.3. The highest BCUT2D eigenvalue weighted by Crippen LogP contribution is 2.58. The van der Waals surface area contributed by atoms with Crippen LogP contribution in [0.5, 0.6) is 0 Å². The van der Waals surface area contributed by atoms with E-state index in [9.17, 15) is 24.3 Å². The van der Waals surface area contributed by atoms with E-state index in [1.807, 2.05) is 54.6 Å². The van der Waals surface area contributed by atoms with Gasteiger partial charge in [-0.05, 0) is 30.2 Å². The minimum absolute atomic E-state index is 0.00110. The predicted molar refractivity (Wildman–Crippen MR) is 170 cm³/mol. The molecule has 2 aromatic carbocycles. The number of esters is 1. The van der Waals surface area contributed by atoms with Crippen molar-refractivity contribution in [1.29, 1.82) is 0 Å². The summed E-state index contributed by atoms with van der Waals surface area (Å²) in [4.78, 5) is 58.7. The van der Waals surface area contributed by atoms with Gasteiger partial charge in [0, 0.05) is 24.0 Å². The van der Waals surface area contributed by atoms with Crippen LogP contribution in [0.2, 0.25) is 0 Å². The Morgan fingerprint density at radius 1 is 1.02 bits per heavy atom. The van der Waals surface area contributed by atoms with Crippen LogP contribution in [0.4, 0.5) is 0 Å². The molecule has 0 radical (unpaired) electrons. The van der Waals surface area contributed by atoms with Crippen LogP contribution >= 0.6 is 15.9 Å². The SMILES string of the molecule is O=C1CC/C=C\CN(Cn2nnc3ccccc32)C(=O)[C@H]2N(CCO)C(=O)[C@@H]3[C@@H](C(=O)N[C@@H](c4ccccc4)CO1)[C@@H]1O[C@@]32C=C1Br. The smallest absolute Gasteiger partial charge is 0.306 e. The Bertz CT molecular complexity index is 1780. The molecule has 14 heteroatoms. The molecular weight excluding hydrogens is 672 g/mol. The number of aromatic nitrogens is 3. The second-order valence-electron chi connectivity index (χ2n) is 12.0. The van der Waals surface area contributed by atoms with Gasteiger partial charge in [-0.25, -0.2) is 4.68 Å². The summed E-state index contributed by atoms with van der Waals surface area (Å²) in [5.41, 5.74) is 0.628. The maximum atomic E-state index is 14.7. The molecule has 244 valence electrons. The number of cyclic esters (lactones) is 1. The summed E-state index contributed by atoms with van der Waals surface area (Å²) in [7, 11) is 0. The number of para-hydroxylation sites is 1. The molecule has 1 aromatic heterocycles. The van der Waals surface area contributed by atoms with Gasteiger partial charge in [0.15, 0.2) is 0 Å². The number of aliphatic hydroxyl groups excluding tert-OH is 1. The Hall–Kier alpha value is -4.40. The van der Waals surface area contributed by atoms with Crippen LogP contribution in [0.25, 0.3) is 11.0 Å². The van der Waals surface area contributed by atoms with Crippen molar-refractivity contribution in [2.24, 2.45) is 11.8 Å². The normalized spacial score (nSPS) is 30.3. The first-order chi connectivity index (χ1) is 22.8. The average Bonchev–Trinajstić information content (AvgIpc) is 3.79. The summed E-state index contributed by atoms with van der Waals surface area (Å²) in [6, 6.07) is 14.6. The molecule has 3 amide bonds. The van der Waals surface area contributed by atoms with Crippen LogP contribution in [-0.4, -0.2) is 97.6 Å². The van der Waals surface area contributed by atoms with Crippen molar-refractivity contribution < 1.29 is 33.8 Å². The number of ether oxygens (including phenoxy) is 2. The highest BCUT2D eigenvalue weighted by molar-refractivity contribution is 9.11. The van der Waals surface area contributed by atoms with Gasteiger partial charge in [0.05, 0.1) is 30.0 Å². The monoisotopic (exact) mass is 704 g/mol. The third-order valence-corrected chi connectivity index (χ3v) is 9.96. The first-order valence-corrected chi connectivity index (χ1v) is 16.3. The van der Waals surface area contributed by atoms with E-state index in [1.165, 1.54) is 9.80 Å². The number of benzene rings is 2. The number of hydrogen-bond donors (Lipinski definition) is 2. The lowest BCUT2D eigenvalue weighted by Gasteiger charge is -2.35. The number of β-amino-alcohol motifs (C(OH)–C–C–N with tert-alkyl or cyclic N) is 1. The molecule has 2 fully saturated rings. The van der Waals surface area contributed by atoms with Crippen molar-refractivity contribution in [3.05, 3.63) is 82.9 Å². The van der Waals surface area contributed by atoms with Crippen molar-refractivity contribution in [2.75, 3.05) is 26.3 Å². The van der Waals surface area contributed by atoms with Gasteiger partial charge < -0.3 is 29.7 Å². The zero-order valence-corrected chi connectivity index (χ0v) is 26.9. The second kappa shape index (κ2) is 12.7. The highest BCUT2D eigenvalue weighted by Gasteiger charge is 2.74. The molecule has 6 atom stereocenters. The fraction of sp³-hybridized carbons (Fsp3) is 0.394. The van der Waals surface area contributed by atoms with Crippen LogP contribution < -0.4 is 5.32 Å². The summed E-state index contributed by atoms with van der Waals surface area (Å²) in [6.45, 7) is -0.497. The van der Waals surface area contributed by atoms with Gasteiger partial charge in [0.2, 0.25) is 11.8 Å². The zero-order valence-electron chi connectivity index (χ0n) is 25.3. The molecule has 1 spiro atoms. The molecule has 3 aromatic rings. The number of nitrogens with zero attached hydrogens (tertiary/aromatic N) is 5. The Labute approximate surface area is 278 Å². The quantitative estimate of drug-likeness (QED) is 0.299. The highest BCUT2D eigenvalue weighted by atomic mass is 79.9. The molecule has 2 N–H and O–H groups in total. The number of amides is 3. The summed E-state index contributed by atoms with van der Waals surface area (Å²) in [5, 5.41) is 21.5. The van der Waals surface area contributed by atoms with Crippen molar-refractivity contribution in [2.45, 2.75) is 43.3 Å². The lowest BCUT2D eigenvalue weighted by atomic mass is 9.74. The molecule has 0 unspecified atom stereocenters. The van der Waals surface area contributed by atoms with Crippen LogP contribution in [-0.2, 0) is 35.3 Å². The van der Waals surface area contributed by atoms with Gasteiger partial charge in [0.1, 0.15) is 36.5 Å². The van der Waals surface area contributed by atoms with Crippen LogP contribution in [0.1, 0.15) is 24.4 Å². The number of aliphatic hydroxyl groups is 1. The standard InChI is InChI=1S/C33H33BrN6O7/c34-21-17-33-27-26(28(21)47-33)30(43)35-23(20-9-3-1-4-10-20)18-46-25(42)13-5-2-8-14-38(32(45)29(33)39(15-16-41)31(27)44)19-40-24-12-7-6-11-22(24)36-37-40/h1-4,6-12,17,23,26-29,41H,5,13-16,18-19H2,(H,35,43)/b8-2-/t23-,26-,27+,28-,29-,33+/m1/s1. The fourth-order valence-corrected chi connectivity index (χ4v) is 7.90.